The summed E-state index contributed by atoms with van der Waals surface area (Å²) in [5.74, 6) is 0.635. The summed E-state index contributed by atoms with van der Waals surface area (Å²) in [6, 6.07) is 8.59. The smallest absolute Gasteiger partial charge is 0.408 e. The fourth-order valence-corrected chi connectivity index (χ4v) is 2.53. The van der Waals surface area contributed by atoms with Gasteiger partial charge in [0.05, 0.1) is 12.5 Å². The molecule has 23 heavy (non-hydrogen) atoms. The van der Waals surface area contributed by atoms with Gasteiger partial charge in [0.25, 0.3) is 0 Å². The largest absolute Gasteiger partial charge is 0.444 e. The third-order valence-electron chi connectivity index (χ3n) is 2.86. The van der Waals surface area contributed by atoms with Gasteiger partial charge in [0, 0.05) is 12.1 Å². The van der Waals surface area contributed by atoms with Gasteiger partial charge in [-0.15, -0.1) is 0 Å². The number of nitrogens with one attached hydrogen (secondary N) is 2. The van der Waals surface area contributed by atoms with Crippen molar-refractivity contribution in [2.45, 2.75) is 38.8 Å². The molecule has 0 unspecified atom stereocenters. The van der Waals surface area contributed by atoms with Crippen LogP contribution in [0.25, 0.3) is 0 Å². The van der Waals surface area contributed by atoms with Gasteiger partial charge < -0.3 is 15.4 Å². The number of benzene rings is 1. The molecule has 0 aliphatic heterocycles. The van der Waals surface area contributed by atoms with Crippen molar-refractivity contribution < 1.29 is 14.3 Å². The lowest BCUT2D eigenvalue weighted by atomic mass is 10.2. The molecule has 0 spiro atoms. The standard InChI is InChI=1S/C17H26N2O3S/c1-17(2,3)22-16(21)19-14(11-12-23(4)5)15(20)18-13-9-7-6-8-10-13/h6-10,14H,11-12H2,1-5H3,(H-,18,19,20,21)/p+1/t14-/m0/s1. The van der Waals surface area contributed by atoms with E-state index >= 15 is 0 Å². The first-order valence-corrected chi connectivity index (χ1v) is 9.78. The maximum absolute atomic E-state index is 12.4. The molecule has 128 valence electrons. The van der Waals surface area contributed by atoms with E-state index in [1.807, 2.05) is 30.3 Å². The molecule has 2 N–H and O–H groups in total. The highest BCUT2D eigenvalue weighted by atomic mass is 32.2. The molecule has 0 heterocycles. The van der Waals surface area contributed by atoms with E-state index in [1.165, 1.54) is 0 Å². The Kier molecular flexibility index (Phi) is 7.42. The van der Waals surface area contributed by atoms with Crippen LogP contribution in [0.5, 0.6) is 0 Å². The minimum absolute atomic E-state index is 0.195. The first-order valence-electron chi connectivity index (χ1n) is 7.57. The van der Waals surface area contributed by atoms with Crippen molar-refractivity contribution in [3.63, 3.8) is 0 Å². The van der Waals surface area contributed by atoms with Gasteiger partial charge >= 0.3 is 6.09 Å². The minimum Gasteiger partial charge on any atom is -0.444 e. The SMILES string of the molecule is C[S+](C)CC[C@H](NC(=O)OC(C)(C)C)C(=O)Nc1ccccc1. The molecule has 0 saturated heterocycles. The quantitative estimate of drug-likeness (QED) is 0.783. The van der Waals surface area contributed by atoms with E-state index in [0.717, 1.165) is 5.75 Å². The molecular weight excluding hydrogens is 312 g/mol. The summed E-state index contributed by atoms with van der Waals surface area (Å²) in [5.41, 5.74) is 0.116. The molecule has 1 aromatic carbocycles. The molecule has 1 rings (SSSR count). The molecule has 1 atom stereocenters. The monoisotopic (exact) mass is 339 g/mol. The maximum Gasteiger partial charge on any atom is 0.408 e. The first kappa shape index (κ1) is 19.4. The molecule has 5 nitrogen and oxygen atoms in total. The van der Waals surface area contributed by atoms with E-state index in [4.69, 9.17) is 4.74 Å². The number of carbonyl (C=O) groups is 2. The lowest BCUT2D eigenvalue weighted by Crippen LogP contribution is -2.46. The first-order chi connectivity index (χ1) is 10.7. The molecule has 0 fully saturated rings. The number of para-hydroxylation sites is 1. The van der Waals surface area contributed by atoms with Crippen molar-refractivity contribution in [2.24, 2.45) is 0 Å². The third-order valence-corrected chi connectivity index (χ3v) is 3.92. The zero-order valence-corrected chi connectivity index (χ0v) is 15.3. The van der Waals surface area contributed by atoms with Gasteiger partial charge in [-0.05, 0) is 43.8 Å². The van der Waals surface area contributed by atoms with E-state index in [0.29, 0.717) is 12.1 Å². The Labute approximate surface area is 141 Å². The molecule has 0 aliphatic carbocycles. The van der Waals surface area contributed by atoms with Gasteiger partial charge in [-0.1, -0.05) is 18.2 Å². The third kappa shape index (κ3) is 8.50. The van der Waals surface area contributed by atoms with E-state index in [9.17, 15) is 9.59 Å². The number of rotatable bonds is 6. The number of hydrogen-bond acceptors (Lipinski definition) is 3. The van der Waals surface area contributed by atoms with Crippen molar-refractivity contribution >= 4 is 28.6 Å². The summed E-state index contributed by atoms with van der Waals surface area (Å²) in [7, 11) is 0.195. The van der Waals surface area contributed by atoms with Crippen molar-refractivity contribution in [3.05, 3.63) is 30.3 Å². The number of amides is 2. The van der Waals surface area contributed by atoms with E-state index in [-0.39, 0.29) is 16.8 Å². The Morgan fingerprint density at radius 3 is 2.30 bits per heavy atom. The van der Waals surface area contributed by atoms with Crippen LogP contribution >= 0.6 is 0 Å². The number of alkyl carbamates (subject to hydrolysis) is 1. The van der Waals surface area contributed by atoms with Crippen LogP contribution < -0.4 is 10.6 Å². The fraction of sp³-hybridized carbons (Fsp3) is 0.529. The van der Waals surface area contributed by atoms with Crippen LogP contribution in [0.2, 0.25) is 0 Å². The highest BCUT2D eigenvalue weighted by Gasteiger charge is 2.25. The highest BCUT2D eigenvalue weighted by Crippen LogP contribution is 2.10. The van der Waals surface area contributed by atoms with E-state index < -0.39 is 17.7 Å². The molecule has 0 saturated carbocycles. The Morgan fingerprint density at radius 1 is 1.17 bits per heavy atom. The normalized spacial score (nSPS) is 12.6. The predicted octanol–water partition coefficient (Wildman–Crippen LogP) is 2.79. The molecule has 0 bridgehead atoms. The Hall–Kier alpha value is -1.69. The van der Waals surface area contributed by atoms with E-state index in [1.54, 1.807) is 20.8 Å². The molecule has 0 radical (unpaired) electrons. The van der Waals surface area contributed by atoms with Gasteiger partial charge in [0.2, 0.25) is 5.91 Å². The second-order valence-corrected chi connectivity index (χ2v) is 8.91. The van der Waals surface area contributed by atoms with Crippen LogP contribution in [0.3, 0.4) is 0 Å². The van der Waals surface area contributed by atoms with Crippen molar-refractivity contribution in [2.75, 3.05) is 23.6 Å². The molecule has 6 heteroatoms. The average Bonchev–Trinajstić information content (AvgIpc) is 2.42. The van der Waals surface area contributed by atoms with E-state index in [2.05, 4.69) is 23.1 Å². The average molecular weight is 339 g/mol. The van der Waals surface area contributed by atoms with Crippen LogP contribution in [-0.2, 0) is 20.4 Å². The number of hydrogen-bond donors (Lipinski definition) is 2. The van der Waals surface area contributed by atoms with Gasteiger partial charge in [-0.25, -0.2) is 4.79 Å². The summed E-state index contributed by atoms with van der Waals surface area (Å²) < 4.78 is 5.25. The summed E-state index contributed by atoms with van der Waals surface area (Å²) in [6.45, 7) is 5.38. The van der Waals surface area contributed by atoms with Crippen LogP contribution in [0.15, 0.2) is 30.3 Å². The predicted molar refractivity (Wildman–Crippen MR) is 96.9 cm³/mol. The zero-order chi connectivity index (χ0) is 17.5. The van der Waals surface area contributed by atoms with Gasteiger partial charge in [-0.3, -0.25) is 4.79 Å². The fourth-order valence-electron chi connectivity index (χ4n) is 1.82. The Bertz CT molecular complexity index is 512. The molecular formula is C17H27N2O3S+. The van der Waals surface area contributed by atoms with Crippen LogP contribution in [0.1, 0.15) is 27.2 Å². The summed E-state index contributed by atoms with van der Waals surface area (Å²) in [4.78, 5) is 24.4. The summed E-state index contributed by atoms with van der Waals surface area (Å²) >= 11 is 0. The molecule has 0 aromatic heterocycles. The minimum atomic E-state index is -0.611. The molecule has 0 aliphatic rings. The van der Waals surface area contributed by atoms with Crippen LogP contribution in [-0.4, -0.2) is 41.9 Å². The maximum atomic E-state index is 12.4. The number of carbonyl (C=O) groups excluding carboxylic acids is 2. The molecule has 2 amide bonds. The van der Waals surface area contributed by atoms with Crippen molar-refractivity contribution in [3.8, 4) is 0 Å². The highest BCUT2D eigenvalue weighted by molar-refractivity contribution is 7.95. The molecule has 1 aromatic rings. The zero-order valence-electron chi connectivity index (χ0n) is 14.5. The second kappa shape index (κ2) is 8.82. The van der Waals surface area contributed by atoms with Gasteiger partial charge in [-0.2, -0.15) is 0 Å². The van der Waals surface area contributed by atoms with Crippen LogP contribution in [0, 0.1) is 0 Å². The van der Waals surface area contributed by atoms with Crippen molar-refractivity contribution in [1.82, 2.24) is 5.32 Å². The van der Waals surface area contributed by atoms with Crippen LogP contribution in [0.4, 0.5) is 10.5 Å². The Balaban J connectivity index is 2.70. The summed E-state index contributed by atoms with van der Waals surface area (Å²) in [6.07, 6.45) is 4.23. The lowest BCUT2D eigenvalue weighted by Gasteiger charge is -2.23. The number of anilines is 1. The van der Waals surface area contributed by atoms with Crippen molar-refractivity contribution in [1.29, 1.82) is 0 Å². The Morgan fingerprint density at radius 2 is 1.78 bits per heavy atom. The van der Waals surface area contributed by atoms with Gasteiger partial charge in [0.1, 0.15) is 17.4 Å². The second-order valence-electron chi connectivity index (χ2n) is 6.53. The topological polar surface area (TPSA) is 67.4 Å². The van der Waals surface area contributed by atoms with Gasteiger partial charge in [0.15, 0.2) is 0 Å². The summed E-state index contributed by atoms with van der Waals surface area (Å²) in [5, 5.41) is 5.51. The number of ether oxygens (including phenoxy) is 1. The lowest BCUT2D eigenvalue weighted by molar-refractivity contribution is -0.118.